The fourth-order valence-electron chi connectivity index (χ4n) is 3.80. The van der Waals surface area contributed by atoms with Crippen LogP contribution in [-0.4, -0.2) is 34.4 Å². The molecule has 3 aromatic rings. The summed E-state index contributed by atoms with van der Waals surface area (Å²) in [6.07, 6.45) is 3.97. The number of anilines is 1. The predicted octanol–water partition coefficient (Wildman–Crippen LogP) is 5.12. The molecule has 2 heterocycles. The number of hydrogen-bond donors (Lipinski definition) is 1. The molecule has 1 N–H and O–H groups in total. The summed E-state index contributed by atoms with van der Waals surface area (Å²) in [4.78, 5) is 12.9. The van der Waals surface area contributed by atoms with Crippen molar-refractivity contribution in [2.75, 3.05) is 19.0 Å². The Balaban J connectivity index is 1.62. The number of carbonyl (C=O) groups excluding carboxylic acids is 1. The Labute approximate surface area is 190 Å². The molecule has 2 aromatic carbocycles. The van der Waals surface area contributed by atoms with E-state index in [1.807, 2.05) is 11.5 Å². The Morgan fingerprint density at radius 2 is 2.06 bits per heavy atom. The number of aromatic nitrogens is 3. The van der Waals surface area contributed by atoms with Gasteiger partial charge in [0.2, 0.25) is 0 Å². The maximum atomic E-state index is 14.7. The second-order valence-electron chi connectivity index (χ2n) is 7.47. The standard InChI is InChI=1S/C23H24ClFN4O3/c1-3-32-21-17(24)11-14(12-19(21)31-2)23(30)26-15-8-9-18(25)16(13-15)22-28-27-20-7-5-4-6-10-29(20)22/h8-9,11-13H,3-7,10H2,1-2H3,(H,26,30). The Kier molecular flexibility index (Phi) is 6.60. The molecular formula is C23H24ClFN4O3. The number of carbonyl (C=O) groups is 1. The number of methoxy groups -OCH3 is 1. The molecule has 0 bridgehead atoms. The smallest absolute Gasteiger partial charge is 0.255 e. The Hall–Kier alpha value is -3.13. The van der Waals surface area contributed by atoms with Crippen molar-refractivity contribution in [2.24, 2.45) is 0 Å². The van der Waals surface area contributed by atoms with E-state index in [0.717, 1.165) is 38.1 Å². The van der Waals surface area contributed by atoms with Gasteiger partial charge in [0, 0.05) is 24.2 Å². The number of ether oxygens (including phenoxy) is 2. The van der Waals surface area contributed by atoms with Crippen LogP contribution in [0.5, 0.6) is 11.5 Å². The molecule has 0 spiro atoms. The first-order valence-electron chi connectivity index (χ1n) is 10.6. The fraction of sp³-hybridized carbons (Fsp3) is 0.348. The van der Waals surface area contributed by atoms with E-state index in [2.05, 4.69) is 15.5 Å². The Morgan fingerprint density at radius 3 is 2.84 bits per heavy atom. The van der Waals surface area contributed by atoms with Crippen LogP contribution < -0.4 is 14.8 Å². The number of benzene rings is 2. The van der Waals surface area contributed by atoms with Gasteiger partial charge >= 0.3 is 0 Å². The molecule has 0 fully saturated rings. The number of hydrogen-bond acceptors (Lipinski definition) is 5. The minimum atomic E-state index is -0.423. The summed E-state index contributed by atoms with van der Waals surface area (Å²) < 4.78 is 27.5. The third kappa shape index (κ3) is 4.41. The monoisotopic (exact) mass is 458 g/mol. The van der Waals surface area contributed by atoms with Gasteiger partial charge in [-0.25, -0.2) is 4.39 Å². The van der Waals surface area contributed by atoms with Crippen molar-refractivity contribution >= 4 is 23.2 Å². The van der Waals surface area contributed by atoms with Crippen LogP contribution in [0.25, 0.3) is 11.4 Å². The van der Waals surface area contributed by atoms with E-state index in [0.29, 0.717) is 35.2 Å². The number of halogens is 2. The van der Waals surface area contributed by atoms with Crippen LogP contribution in [0.2, 0.25) is 5.02 Å². The molecule has 4 rings (SSSR count). The van der Waals surface area contributed by atoms with Crippen LogP contribution in [0, 0.1) is 5.82 Å². The normalized spacial score (nSPS) is 13.2. The van der Waals surface area contributed by atoms with Crippen LogP contribution in [-0.2, 0) is 13.0 Å². The highest BCUT2D eigenvalue weighted by Gasteiger charge is 2.20. The molecule has 1 amide bonds. The quantitative estimate of drug-likeness (QED) is 0.554. The summed E-state index contributed by atoms with van der Waals surface area (Å²) in [5, 5.41) is 11.5. The molecule has 0 saturated carbocycles. The van der Waals surface area contributed by atoms with Crippen molar-refractivity contribution < 1.29 is 18.7 Å². The van der Waals surface area contributed by atoms with Gasteiger partial charge in [0.25, 0.3) is 5.91 Å². The minimum Gasteiger partial charge on any atom is -0.493 e. The zero-order valence-corrected chi connectivity index (χ0v) is 18.7. The van der Waals surface area contributed by atoms with E-state index in [1.165, 1.54) is 25.3 Å². The first kappa shape index (κ1) is 22.1. The van der Waals surface area contributed by atoms with Gasteiger partial charge in [-0.3, -0.25) is 4.79 Å². The molecule has 1 aromatic heterocycles. The van der Waals surface area contributed by atoms with Crippen molar-refractivity contribution in [3.8, 4) is 22.9 Å². The lowest BCUT2D eigenvalue weighted by atomic mass is 10.1. The number of fused-ring (bicyclic) bond motifs is 1. The number of aryl methyl sites for hydroxylation is 1. The molecule has 0 atom stereocenters. The van der Waals surface area contributed by atoms with Crippen LogP contribution in [0.4, 0.5) is 10.1 Å². The highest BCUT2D eigenvalue weighted by Crippen LogP contribution is 2.36. The Bertz CT molecular complexity index is 1150. The zero-order chi connectivity index (χ0) is 22.7. The minimum absolute atomic E-state index is 0.266. The van der Waals surface area contributed by atoms with Crippen molar-refractivity contribution in [3.05, 3.63) is 52.6 Å². The topological polar surface area (TPSA) is 78.3 Å². The molecule has 0 aliphatic carbocycles. The molecule has 1 aliphatic heterocycles. The summed E-state index contributed by atoms with van der Waals surface area (Å²) in [7, 11) is 1.48. The first-order valence-corrected chi connectivity index (χ1v) is 10.9. The van der Waals surface area contributed by atoms with E-state index >= 15 is 0 Å². The molecule has 0 saturated heterocycles. The average Bonchev–Trinajstić information content (AvgIpc) is 3.03. The number of rotatable bonds is 6. The van der Waals surface area contributed by atoms with Crippen molar-refractivity contribution in [1.82, 2.24) is 14.8 Å². The second kappa shape index (κ2) is 9.56. The number of amides is 1. The van der Waals surface area contributed by atoms with Gasteiger partial charge in [-0.05, 0) is 50.1 Å². The lowest BCUT2D eigenvalue weighted by Crippen LogP contribution is -2.13. The van der Waals surface area contributed by atoms with Gasteiger partial charge < -0.3 is 19.4 Å². The predicted molar refractivity (Wildman–Crippen MR) is 120 cm³/mol. The Morgan fingerprint density at radius 1 is 1.22 bits per heavy atom. The van der Waals surface area contributed by atoms with E-state index in [4.69, 9.17) is 21.1 Å². The molecule has 9 heteroatoms. The van der Waals surface area contributed by atoms with E-state index in [-0.39, 0.29) is 10.6 Å². The van der Waals surface area contributed by atoms with Crippen LogP contribution >= 0.6 is 11.6 Å². The van der Waals surface area contributed by atoms with Gasteiger partial charge in [-0.15, -0.1) is 10.2 Å². The van der Waals surface area contributed by atoms with Crippen molar-refractivity contribution in [2.45, 2.75) is 39.2 Å². The van der Waals surface area contributed by atoms with Gasteiger partial charge in [-0.2, -0.15) is 0 Å². The van der Waals surface area contributed by atoms with Crippen LogP contribution in [0.3, 0.4) is 0 Å². The molecule has 32 heavy (non-hydrogen) atoms. The van der Waals surface area contributed by atoms with Gasteiger partial charge in [0.05, 0.1) is 24.3 Å². The molecule has 0 radical (unpaired) electrons. The third-order valence-electron chi connectivity index (χ3n) is 5.35. The molecule has 7 nitrogen and oxygen atoms in total. The van der Waals surface area contributed by atoms with Gasteiger partial charge in [0.15, 0.2) is 17.3 Å². The van der Waals surface area contributed by atoms with E-state index in [9.17, 15) is 9.18 Å². The summed E-state index contributed by atoms with van der Waals surface area (Å²) in [5.41, 5.74) is 1.02. The van der Waals surface area contributed by atoms with E-state index < -0.39 is 11.7 Å². The van der Waals surface area contributed by atoms with Gasteiger partial charge in [0.1, 0.15) is 11.6 Å². The lowest BCUT2D eigenvalue weighted by Gasteiger charge is -2.14. The maximum absolute atomic E-state index is 14.7. The second-order valence-corrected chi connectivity index (χ2v) is 7.88. The van der Waals surface area contributed by atoms with E-state index in [1.54, 1.807) is 12.1 Å². The highest BCUT2D eigenvalue weighted by molar-refractivity contribution is 6.32. The maximum Gasteiger partial charge on any atom is 0.255 e. The SMILES string of the molecule is CCOc1c(Cl)cc(C(=O)Nc2ccc(F)c(-c3nnc4n3CCCCC4)c2)cc1OC. The number of nitrogens with one attached hydrogen (secondary N) is 1. The van der Waals surface area contributed by atoms with Crippen LogP contribution in [0.15, 0.2) is 30.3 Å². The fourth-order valence-corrected chi connectivity index (χ4v) is 4.06. The number of nitrogens with zero attached hydrogens (tertiary/aromatic N) is 3. The average molecular weight is 459 g/mol. The molecule has 1 aliphatic rings. The molecular weight excluding hydrogens is 435 g/mol. The summed E-state index contributed by atoms with van der Waals surface area (Å²) in [6.45, 7) is 2.99. The molecule has 0 unspecified atom stereocenters. The lowest BCUT2D eigenvalue weighted by molar-refractivity contribution is 0.102. The zero-order valence-electron chi connectivity index (χ0n) is 18.0. The third-order valence-corrected chi connectivity index (χ3v) is 5.64. The summed E-state index contributed by atoms with van der Waals surface area (Å²) in [6, 6.07) is 7.45. The summed E-state index contributed by atoms with van der Waals surface area (Å²) in [5.74, 6) is 1.24. The van der Waals surface area contributed by atoms with Crippen molar-refractivity contribution in [3.63, 3.8) is 0 Å². The van der Waals surface area contributed by atoms with Gasteiger partial charge in [-0.1, -0.05) is 18.0 Å². The largest absolute Gasteiger partial charge is 0.493 e. The summed E-state index contributed by atoms with van der Waals surface area (Å²) >= 11 is 6.28. The van der Waals surface area contributed by atoms with Crippen LogP contribution in [0.1, 0.15) is 42.4 Å². The first-order chi connectivity index (χ1) is 15.5. The van der Waals surface area contributed by atoms with Crippen molar-refractivity contribution in [1.29, 1.82) is 0 Å². The highest BCUT2D eigenvalue weighted by atomic mass is 35.5. The molecule has 168 valence electrons.